The fourth-order valence-electron chi connectivity index (χ4n) is 1.84. The monoisotopic (exact) mass is 294 g/mol. The largest absolute Gasteiger partial charge is 0.341 e. The molecular weight excluding hydrogens is 280 g/mol. The summed E-state index contributed by atoms with van der Waals surface area (Å²) in [7, 11) is 0. The SMILES string of the molecule is Cc1ccc(C(=O)NCC#Cc2ccccc2)cc1[N+](=O)[O-]. The molecule has 5 nitrogen and oxygen atoms in total. The predicted molar refractivity (Wildman–Crippen MR) is 83.5 cm³/mol. The zero-order chi connectivity index (χ0) is 15.9. The van der Waals surface area contributed by atoms with E-state index in [1.165, 1.54) is 6.07 Å². The second-order valence-electron chi connectivity index (χ2n) is 4.61. The summed E-state index contributed by atoms with van der Waals surface area (Å²) in [4.78, 5) is 22.3. The Hall–Kier alpha value is -3.13. The van der Waals surface area contributed by atoms with Crippen LogP contribution in [0.3, 0.4) is 0 Å². The van der Waals surface area contributed by atoms with E-state index in [1.807, 2.05) is 30.3 Å². The predicted octanol–water partition coefficient (Wildman–Crippen LogP) is 2.68. The van der Waals surface area contributed by atoms with Crippen LogP contribution in [-0.2, 0) is 0 Å². The first-order valence-corrected chi connectivity index (χ1v) is 6.65. The van der Waals surface area contributed by atoms with Crippen LogP contribution in [0.4, 0.5) is 5.69 Å². The molecule has 0 unspecified atom stereocenters. The van der Waals surface area contributed by atoms with Crippen molar-refractivity contribution in [1.29, 1.82) is 0 Å². The first-order valence-electron chi connectivity index (χ1n) is 6.65. The number of benzene rings is 2. The Morgan fingerprint density at radius 1 is 1.23 bits per heavy atom. The van der Waals surface area contributed by atoms with E-state index < -0.39 is 4.92 Å². The lowest BCUT2D eigenvalue weighted by Crippen LogP contribution is -2.23. The van der Waals surface area contributed by atoms with E-state index in [-0.39, 0.29) is 23.7 Å². The molecule has 0 aliphatic heterocycles. The number of rotatable bonds is 3. The molecule has 0 fully saturated rings. The minimum atomic E-state index is -0.499. The molecule has 0 atom stereocenters. The van der Waals surface area contributed by atoms with Crippen molar-refractivity contribution in [2.24, 2.45) is 0 Å². The zero-order valence-corrected chi connectivity index (χ0v) is 12.0. The molecule has 22 heavy (non-hydrogen) atoms. The van der Waals surface area contributed by atoms with Gasteiger partial charge in [-0.15, -0.1) is 0 Å². The van der Waals surface area contributed by atoms with Crippen LogP contribution >= 0.6 is 0 Å². The molecule has 0 spiro atoms. The van der Waals surface area contributed by atoms with Crippen molar-refractivity contribution in [2.45, 2.75) is 6.92 Å². The van der Waals surface area contributed by atoms with Crippen molar-refractivity contribution in [3.05, 3.63) is 75.3 Å². The highest BCUT2D eigenvalue weighted by atomic mass is 16.6. The summed E-state index contributed by atoms with van der Waals surface area (Å²) in [5.41, 5.74) is 1.56. The van der Waals surface area contributed by atoms with Crippen LogP contribution in [0.1, 0.15) is 21.5 Å². The lowest BCUT2D eigenvalue weighted by atomic mass is 10.1. The lowest BCUT2D eigenvalue weighted by Gasteiger charge is -2.03. The van der Waals surface area contributed by atoms with Crippen LogP contribution in [0, 0.1) is 28.9 Å². The van der Waals surface area contributed by atoms with Crippen LogP contribution in [0.2, 0.25) is 0 Å². The van der Waals surface area contributed by atoms with Gasteiger partial charge in [0.05, 0.1) is 11.5 Å². The molecular formula is C17H14N2O3. The van der Waals surface area contributed by atoms with E-state index in [9.17, 15) is 14.9 Å². The summed E-state index contributed by atoms with van der Waals surface area (Å²) < 4.78 is 0. The minimum absolute atomic E-state index is 0.0666. The zero-order valence-electron chi connectivity index (χ0n) is 12.0. The van der Waals surface area contributed by atoms with Crippen molar-refractivity contribution in [3.8, 4) is 11.8 Å². The Balaban J connectivity index is 2.00. The molecule has 2 rings (SSSR count). The highest BCUT2D eigenvalue weighted by Gasteiger charge is 2.14. The van der Waals surface area contributed by atoms with Gasteiger partial charge in [0, 0.05) is 22.8 Å². The third kappa shape index (κ3) is 3.93. The molecule has 0 aliphatic carbocycles. The maximum Gasteiger partial charge on any atom is 0.273 e. The minimum Gasteiger partial charge on any atom is -0.341 e. The maximum absolute atomic E-state index is 11.9. The number of hydrogen-bond acceptors (Lipinski definition) is 3. The van der Waals surface area contributed by atoms with Gasteiger partial charge in [0.1, 0.15) is 0 Å². The van der Waals surface area contributed by atoms with E-state index >= 15 is 0 Å². The summed E-state index contributed by atoms with van der Waals surface area (Å²) in [5, 5.41) is 13.5. The van der Waals surface area contributed by atoms with Gasteiger partial charge in [-0.1, -0.05) is 36.1 Å². The number of nitro benzene ring substituents is 1. The van der Waals surface area contributed by atoms with Gasteiger partial charge in [0.2, 0.25) is 0 Å². The lowest BCUT2D eigenvalue weighted by molar-refractivity contribution is -0.385. The van der Waals surface area contributed by atoms with Crippen LogP contribution in [-0.4, -0.2) is 17.4 Å². The first kappa shape index (κ1) is 15.3. The Bertz CT molecular complexity index is 758. The molecule has 110 valence electrons. The maximum atomic E-state index is 11.9. The fraction of sp³-hybridized carbons (Fsp3) is 0.118. The highest BCUT2D eigenvalue weighted by Crippen LogP contribution is 2.19. The van der Waals surface area contributed by atoms with Crippen molar-refractivity contribution in [3.63, 3.8) is 0 Å². The van der Waals surface area contributed by atoms with Gasteiger partial charge in [-0.05, 0) is 25.1 Å². The highest BCUT2D eigenvalue weighted by molar-refractivity contribution is 5.95. The Labute approximate surface area is 128 Å². The van der Waals surface area contributed by atoms with Crippen molar-refractivity contribution >= 4 is 11.6 Å². The molecule has 0 heterocycles. The number of carbonyl (C=O) groups is 1. The van der Waals surface area contributed by atoms with Crippen LogP contribution in [0.25, 0.3) is 0 Å². The number of nitrogens with one attached hydrogen (secondary N) is 1. The normalized spacial score (nSPS) is 9.50. The topological polar surface area (TPSA) is 72.2 Å². The van der Waals surface area contributed by atoms with Gasteiger partial charge in [-0.3, -0.25) is 14.9 Å². The second-order valence-corrected chi connectivity index (χ2v) is 4.61. The quantitative estimate of drug-likeness (QED) is 0.537. The average Bonchev–Trinajstić information content (AvgIpc) is 2.52. The van der Waals surface area contributed by atoms with Gasteiger partial charge in [-0.2, -0.15) is 0 Å². The Kier molecular flexibility index (Phi) is 4.89. The van der Waals surface area contributed by atoms with Gasteiger partial charge < -0.3 is 5.32 Å². The fourth-order valence-corrected chi connectivity index (χ4v) is 1.84. The third-order valence-corrected chi connectivity index (χ3v) is 3.01. The smallest absolute Gasteiger partial charge is 0.273 e. The molecule has 1 amide bonds. The van der Waals surface area contributed by atoms with E-state index in [2.05, 4.69) is 17.2 Å². The molecule has 0 radical (unpaired) electrons. The molecule has 2 aromatic carbocycles. The first-order chi connectivity index (χ1) is 10.6. The van der Waals surface area contributed by atoms with E-state index in [4.69, 9.17) is 0 Å². The summed E-state index contributed by atoms with van der Waals surface area (Å²) in [5.74, 6) is 5.37. The molecule has 2 aromatic rings. The molecule has 0 saturated heterocycles. The molecule has 0 bridgehead atoms. The number of carbonyl (C=O) groups excluding carboxylic acids is 1. The van der Waals surface area contributed by atoms with E-state index in [1.54, 1.807) is 19.1 Å². The number of hydrogen-bond donors (Lipinski definition) is 1. The van der Waals surface area contributed by atoms with Crippen molar-refractivity contribution in [2.75, 3.05) is 6.54 Å². The van der Waals surface area contributed by atoms with Gasteiger partial charge >= 0.3 is 0 Å². The van der Waals surface area contributed by atoms with E-state index in [0.29, 0.717) is 5.56 Å². The van der Waals surface area contributed by atoms with Gasteiger partial charge in [0.15, 0.2) is 0 Å². The molecule has 0 aromatic heterocycles. The molecule has 0 saturated carbocycles. The Morgan fingerprint density at radius 2 is 1.95 bits per heavy atom. The summed E-state index contributed by atoms with van der Waals surface area (Å²) in [6.45, 7) is 1.81. The molecule has 1 N–H and O–H groups in total. The summed E-state index contributed by atoms with van der Waals surface area (Å²) in [6.07, 6.45) is 0. The van der Waals surface area contributed by atoms with Gasteiger partial charge in [0.25, 0.3) is 11.6 Å². The Morgan fingerprint density at radius 3 is 2.64 bits per heavy atom. The third-order valence-electron chi connectivity index (χ3n) is 3.01. The van der Waals surface area contributed by atoms with Crippen molar-refractivity contribution in [1.82, 2.24) is 5.32 Å². The van der Waals surface area contributed by atoms with Crippen LogP contribution < -0.4 is 5.32 Å². The summed E-state index contributed by atoms with van der Waals surface area (Å²) in [6, 6.07) is 13.8. The van der Waals surface area contributed by atoms with Crippen molar-refractivity contribution < 1.29 is 9.72 Å². The number of nitrogens with zero attached hydrogens (tertiary/aromatic N) is 1. The number of aryl methyl sites for hydroxylation is 1. The molecule has 5 heteroatoms. The van der Waals surface area contributed by atoms with Crippen LogP contribution in [0.15, 0.2) is 48.5 Å². The summed E-state index contributed by atoms with van der Waals surface area (Å²) >= 11 is 0. The standard InChI is InChI=1S/C17H14N2O3/c1-13-9-10-15(12-16(13)19(21)22)17(20)18-11-5-8-14-6-3-2-4-7-14/h2-4,6-7,9-10,12H,11H2,1H3,(H,18,20). The van der Waals surface area contributed by atoms with Gasteiger partial charge in [-0.25, -0.2) is 0 Å². The second kappa shape index (κ2) is 7.04. The molecule has 0 aliphatic rings. The van der Waals surface area contributed by atoms with Crippen LogP contribution in [0.5, 0.6) is 0 Å². The average molecular weight is 294 g/mol. The number of amides is 1. The number of nitro groups is 1. The van der Waals surface area contributed by atoms with E-state index in [0.717, 1.165) is 5.56 Å².